The fourth-order valence-electron chi connectivity index (χ4n) is 2.07. The Labute approximate surface area is 119 Å². The highest BCUT2D eigenvalue weighted by Gasteiger charge is 2.13. The number of hydrogen-bond acceptors (Lipinski definition) is 3. The molecule has 3 heteroatoms. The van der Waals surface area contributed by atoms with Gasteiger partial charge in [0.15, 0.2) is 5.78 Å². The van der Waals surface area contributed by atoms with Crippen molar-refractivity contribution in [2.24, 2.45) is 0 Å². The Morgan fingerprint density at radius 1 is 1.00 bits per heavy atom. The molecule has 0 saturated carbocycles. The van der Waals surface area contributed by atoms with Crippen molar-refractivity contribution in [1.29, 1.82) is 0 Å². The van der Waals surface area contributed by atoms with E-state index in [1.165, 1.54) is 0 Å². The molecule has 0 heterocycles. The lowest BCUT2D eigenvalue weighted by Gasteiger charge is -2.09. The molecule has 0 amide bonds. The number of aryl methyl sites for hydroxylation is 1. The molecule has 0 bridgehead atoms. The number of ether oxygens (including phenoxy) is 2. The number of carbonyl (C=O) groups excluding carboxylic acids is 1. The van der Waals surface area contributed by atoms with E-state index in [4.69, 9.17) is 9.47 Å². The van der Waals surface area contributed by atoms with Gasteiger partial charge in [0.25, 0.3) is 0 Å². The van der Waals surface area contributed by atoms with Crippen LogP contribution in [0.4, 0.5) is 0 Å². The Kier molecular flexibility index (Phi) is 4.77. The van der Waals surface area contributed by atoms with Crippen molar-refractivity contribution in [2.75, 3.05) is 14.2 Å². The van der Waals surface area contributed by atoms with Gasteiger partial charge in [0.1, 0.15) is 11.5 Å². The second-order valence-electron chi connectivity index (χ2n) is 4.47. The molecule has 0 spiro atoms. The van der Waals surface area contributed by atoms with Gasteiger partial charge in [-0.2, -0.15) is 0 Å². The van der Waals surface area contributed by atoms with E-state index in [9.17, 15) is 4.79 Å². The van der Waals surface area contributed by atoms with Crippen molar-refractivity contribution in [3.05, 3.63) is 59.7 Å². The average molecular weight is 270 g/mol. The normalized spacial score (nSPS) is 10.1. The van der Waals surface area contributed by atoms with Crippen LogP contribution in [0, 0.1) is 0 Å². The minimum atomic E-state index is 0.0598. The molecule has 0 aromatic heterocycles. The molecule has 2 rings (SSSR count). The predicted octanol–water partition coefficient (Wildman–Crippen LogP) is 3.52. The molecule has 0 aliphatic rings. The van der Waals surface area contributed by atoms with Crippen molar-refractivity contribution < 1.29 is 14.3 Å². The van der Waals surface area contributed by atoms with Crippen molar-refractivity contribution in [3.8, 4) is 11.5 Å². The van der Waals surface area contributed by atoms with E-state index in [1.807, 2.05) is 30.3 Å². The van der Waals surface area contributed by atoms with E-state index in [-0.39, 0.29) is 5.78 Å². The highest BCUT2D eigenvalue weighted by Crippen LogP contribution is 2.25. The van der Waals surface area contributed by atoms with Gasteiger partial charge >= 0.3 is 0 Å². The first-order valence-corrected chi connectivity index (χ1v) is 6.53. The second kappa shape index (κ2) is 6.75. The highest BCUT2D eigenvalue weighted by atomic mass is 16.5. The lowest BCUT2D eigenvalue weighted by Crippen LogP contribution is -2.04. The lowest BCUT2D eigenvalue weighted by molar-refractivity contribution is 0.0979. The monoisotopic (exact) mass is 270 g/mol. The van der Waals surface area contributed by atoms with Gasteiger partial charge in [-0.15, -0.1) is 0 Å². The van der Waals surface area contributed by atoms with Crippen LogP contribution in [-0.4, -0.2) is 20.0 Å². The van der Waals surface area contributed by atoms with Crippen molar-refractivity contribution in [3.63, 3.8) is 0 Å². The van der Waals surface area contributed by atoms with E-state index in [1.54, 1.807) is 32.4 Å². The van der Waals surface area contributed by atoms with Crippen molar-refractivity contribution in [2.45, 2.75) is 12.8 Å². The van der Waals surface area contributed by atoms with Crippen LogP contribution in [0.2, 0.25) is 0 Å². The van der Waals surface area contributed by atoms with Crippen LogP contribution in [0.15, 0.2) is 48.5 Å². The summed E-state index contributed by atoms with van der Waals surface area (Å²) in [7, 11) is 3.15. The van der Waals surface area contributed by atoms with Crippen molar-refractivity contribution >= 4 is 5.78 Å². The van der Waals surface area contributed by atoms with Crippen LogP contribution in [0.1, 0.15) is 22.3 Å². The zero-order chi connectivity index (χ0) is 14.4. The molecule has 0 saturated heterocycles. The third kappa shape index (κ3) is 3.38. The van der Waals surface area contributed by atoms with Gasteiger partial charge in [-0.1, -0.05) is 30.3 Å². The summed E-state index contributed by atoms with van der Waals surface area (Å²) in [5.74, 6) is 1.31. The predicted molar refractivity (Wildman–Crippen MR) is 78.6 cm³/mol. The van der Waals surface area contributed by atoms with Crippen molar-refractivity contribution in [1.82, 2.24) is 0 Å². The number of methoxy groups -OCH3 is 2. The molecule has 20 heavy (non-hydrogen) atoms. The quantitative estimate of drug-likeness (QED) is 0.753. The molecular formula is C17H18O3. The maximum absolute atomic E-state index is 12.3. The molecule has 3 nitrogen and oxygen atoms in total. The molecule has 0 N–H and O–H groups in total. The maximum Gasteiger partial charge on any atom is 0.167 e. The Morgan fingerprint density at radius 2 is 1.75 bits per heavy atom. The molecule has 104 valence electrons. The second-order valence-corrected chi connectivity index (χ2v) is 4.47. The van der Waals surface area contributed by atoms with Gasteiger partial charge in [-0.3, -0.25) is 4.79 Å². The first-order valence-electron chi connectivity index (χ1n) is 6.53. The standard InChI is InChI=1S/C17H18O3/c1-19-14-9-11-17(20-2)15(12-14)16(18)10-8-13-6-4-3-5-7-13/h3-7,9,11-12H,8,10H2,1-2H3. The lowest BCUT2D eigenvalue weighted by atomic mass is 10.0. The number of rotatable bonds is 6. The number of ketones is 1. The Morgan fingerprint density at radius 3 is 2.40 bits per heavy atom. The van der Waals surface area contributed by atoms with E-state index in [2.05, 4.69) is 0 Å². The number of benzene rings is 2. The Balaban J connectivity index is 2.12. The topological polar surface area (TPSA) is 35.5 Å². The van der Waals surface area contributed by atoms with Crippen LogP contribution < -0.4 is 9.47 Å². The molecule has 2 aromatic rings. The average Bonchev–Trinajstić information content (AvgIpc) is 2.52. The Hall–Kier alpha value is -2.29. The smallest absolute Gasteiger partial charge is 0.167 e. The molecule has 2 aromatic carbocycles. The number of hydrogen-bond donors (Lipinski definition) is 0. The molecule has 0 radical (unpaired) electrons. The van der Waals surface area contributed by atoms with Gasteiger partial charge in [-0.25, -0.2) is 0 Å². The first kappa shape index (κ1) is 14.1. The van der Waals surface area contributed by atoms with Gasteiger partial charge < -0.3 is 9.47 Å². The third-order valence-electron chi connectivity index (χ3n) is 3.19. The van der Waals surface area contributed by atoms with E-state index < -0.39 is 0 Å². The molecule has 0 unspecified atom stereocenters. The molecular weight excluding hydrogens is 252 g/mol. The van der Waals surface area contributed by atoms with Crippen LogP contribution in [0.25, 0.3) is 0 Å². The summed E-state index contributed by atoms with van der Waals surface area (Å²) in [5, 5.41) is 0. The summed E-state index contributed by atoms with van der Waals surface area (Å²) in [6.45, 7) is 0. The van der Waals surface area contributed by atoms with Gasteiger partial charge in [0.2, 0.25) is 0 Å². The molecule has 0 aliphatic carbocycles. The molecule has 0 aliphatic heterocycles. The van der Waals surface area contributed by atoms with Gasteiger partial charge in [-0.05, 0) is 30.2 Å². The SMILES string of the molecule is COc1ccc(OC)c(C(=O)CCc2ccccc2)c1. The minimum absolute atomic E-state index is 0.0598. The van der Waals surface area contributed by atoms with Crippen LogP contribution in [0.5, 0.6) is 11.5 Å². The summed E-state index contributed by atoms with van der Waals surface area (Å²) in [6, 6.07) is 15.2. The van der Waals surface area contributed by atoms with Crippen LogP contribution in [0.3, 0.4) is 0 Å². The van der Waals surface area contributed by atoms with E-state index in [0.29, 0.717) is 23.5 Å². The zero-order valence-corrected chi connectivity index (χ0v) is 11.8. The summed E-state index contributed by atoms with van der Waals surface area (Å²) >= 11 is 0. The largest absolute Gasteiger partial charge is 0.497 e. The number of carbonyl (C=O) groups is 1. The summed E-state index contributed by atoms with van der Waals surface area (Å²) < 4.78 is 10.4. The van der Waals surface area contributed by atoms with Crippen LogP contribution in [-0.2, 0) is 6.42 Å². The fourth-order valence-corrected chi connectivity index (χ4v) is 2.07. The third-order valence-corrected chi connectivity index (χ3v) is 3.19. The summed E-state index contributed by atoms with van der Waals surface area (Å²) in [4.78, 5) is 12.3. The molecule has 0 atom stereocenters. The number of Topliss-reactive ketones (excluding diaryl/α,β-unsaturated/α-hetero) is 1. The first-order chi connectivity index (χ1) is 9.74. The minimum Gasteiger partial charge on any atom is -0.497 e. The summed E-state index contributed by atoms with van der Waals surface area (Å²) in [6.07, 6.45) is 1.17. The highest BCUT2D eigenvalue weighted by molar-refractivity contribution is 5.99. The van der Waals surface area contributed by atoms with E-state index >= 15 is 0 Å². The van der Waals surface area contributed by atoms with Crippen LogP contribution >= 0.6 is 0 Å². The fraction of sp³-hybridized carbons (Fsp3) is 0.235. The van der Waals surface area contributed by atoms with Gasteiger partial charge in [0.05, 0.1) is 19.8 Å². The van der Waals surface area contributed by atoms with Gasteiger partial charge in [0, 0.05) is 6.42 Å². The van der Waals surface area contributed by atoms with E-state index in [0.717, 1.165) is 12.0 Å². The summed E-state index contributed by atoms with van der Waals surface area (Å²) in [5.41, 5.74) is 1.73. The molecule has 0 fully saturated rings. The Bertz CT molecular complexity index is 576. The zero-order valence-electron chi connectivity index (χ0n) is 11.8. The maximum atomic E-state index is 12.3.